The summed E-state index contributed by atoms with van der Waals surface area (Å²) >= 11 is 6.89. The summed E-state index contributed by atoms with van der Waals surface area (Å²) in [6.45, 7) is 0. The normalized spacial score (nSPS) is 12.1. The summed E-state index contributed by atoms with van der Waals surface area (Å²) in [6, 6.07) is 19.9. The molecule has 0 atom stereocenters. The van der Waals surface area contributed by atoms with Crippen molar-refractivity contribution < 1.29 is 8.42 Å². The van der Waals surface area contributed by atoms with Crippen molar-refractivity contribution in [2.24, 2.45) is 0 Å². The summed E-state index contributed by atoms with van der Waals surface area (Å²) in [5.74, 6) is 0. The highest BCUT2D eigenvalue weighted by Crippen LogP contribution is 2.35. The lowest BCUT2D eigenvalue weighted by Crippen LogP contribution is -2.12. The maximum atomic E-state index is 13.3. The molecule has 4 rings (SSSR count). The molecule has 0 aliphatic carbocycles. The van der Waals surface area contributed by atoms with Crippen LogP contribution in [-0.4, -0.2) is 12.4 Å². The molecule has 0 amide bonds. The largest absolute Gasteiger partial charge is 0.268 e. The number of aromatic nitrogens is 1. The number of hydrogen-bond donors (Lipinski definition) is 0. The minimum Gasteiger partial charge on any atom is -0.233 e. The van der Waals surface area contributed by atoms with E-state index in [4.69, 9.17) is 0 Å². The summed E-state index contributed by atoms with van der Waals surface area (Å²) in [5, 5.41) is 1.81. The molecule has 0 saturated carbocycles. The molecule has 120 valence electrons. The molecule has 0 saturated heterocycles. The highest BCUT2D eigenvalue weighted by atomic mass is 79.9. The molecule has 0 radical (unpaired) electrons. The fraction of sp³-hybridized carbons (Fsp3) is 0. The molecule has 0 unspecified atom stereocenters. The van der Waals surface area contributed by atoms with Crippen LogP contribution in [0.1, 0.15) is 0 Å². The summed E-state index contributed by atoms with van der Waals surface area (Å²) < 4.78 is 29.6. The van der Waals surface area contributed by atoms with Crippen LogP contribution in [-0.2, 0) is 10.0 Å². The third kappa shape index (κ3) is 2.41. The van der Waals surface area contributed by atoms with Crippen molar-refractivity contribution in [3.8, 4) is 0 Å². The molecule has 1 heterocycles. The predicted octanol–water partition coefficient (Wildman–Crippen LogP) is 5.56. The van der Waals surface area contributed by atoms with Crippen molar-refractivity contribution in [2.45, 2.75) is 4.90 Å². The second-order valence-electron chi connectivity index (χ2n) is 5.41. The first-order valence-electron chi connectivity index (χ1n) is 7.18. The highest BCUT2D eigenvalue weighted by Gasteiger charge is 2.23. The summed E-state index contributed by atoms with van der Waals surface area (Å²) in [4.78, 5) is 0.267. The van der Waals surface area contributed by atoms with Crippen LogP contribution in [0.25, 0.3) is 21.8 Å². The van der Waals surface area contributed by atoms with Crippen LogP contribution in [0.4, 0.5) is 0 Å². The van der Waals surface area contributed by atoms with Gasteiger partial charge in [0.25, 0.3) is 10.0 Å². The molecule has 0 N–H and O–H groups in total. The van der Waals surface area contributed by atoms with E-state index in [2.05, 4.69) is 31.9 Å². The second-order valence-corrected chi connectivity index (χ2v) is 9.02. The zero-order valence-corrected chi connectivity index (χ0v) is 16.3. The maximum Gasteiger partial charge on any atom is 0.268 e. The topological polar surface area (TPSA) is 39.1 Å². The zero-order valence-electron chi connectivity index (χ0n) is 12.3. The van der Waals surface area contributed by atoms with Crippen molar-refractivity contribution in [1.29, 1.82) is 0 Å². The quantitative estimate of drug-likeness (QED) is 0.389. The molecule has 0 aliphatic heterocycles. The Morgan fingerprint density at radius 3 is 1.71 bits per heavy atom. The van der Waals surface area contributed by atoms with Crippen molar-refractivity contribution in [2.75, 3.05) is 0 Å². The van der Waals surface area contributed by atoms with Gasteiger partial charge in [-0.15, -0.1) is 0 Å². The zero-order chi connectivity index (χ0) is 16.9. The first kappa shape index (κ1) is 15.9. The maximum absolute atomic E-state index is 13.3. The fourth-order valence-electron chi connectivity index (χ4n) is 2.89. The van der Waals surface area contributed by atoms with Gasteiger partial charge in [0.1, 0.15) is 0 Å². The highest BCUT2D eigenvalue weighted by molar-refractivity contribution is 9.10. The Bertz CT molecular complexity index is 1120. The Morgan fingerprint density at radius 2 is 1.21 bits per heavy atom. The van der Waals surface area contributed by atoms with Gasteiger partial charge in [-0.1, -0.05) is 62.2 Å². The molecule has 0 bridgehead atoms. The van der Waals surface area contributed by atoms with Gasteiger partial charge in [0.05, 0.1) is 15.9 Å². The number of benzene rings is 3. The van der Waals surface area contributed by atoms with E-state index in [1.54, 1.807) is 30.3 Å². The monoisotopic (exact) mass is 463 g/mol. The van der Waals surface area contributed by atoms with E-state index in [1.165, 1.54) is 3.97 Å². The van der Waals surface area contributed by atoms with Crippen LogP contribution in [0, 0.1) is 0 Å². The molecule has 4 aromatic rings. The Hall–Kier alpha value is -1.63. The summed E-state index contributed by atoms with van der Waals surface area (Å²) in [6.07, 6.45) is 0. The van der Waals surface area contributed by atoms with E-state index < -0.39 is 10.0 Å². The number of halogens is 2. The summed E-state index contributed by atoms with van der Waals surface area (Å²) in [7, 11) is -3.71. The SMILES string of the molecule is O=S(=O)(c1ccccc1)n1c2cc(Br)ccc2c2ccc(Br)cc21. The third-order valence-electron chi connectivity index (χ3n) is 3.93. The Labute approximate surface area is 156 Å². The molecule has 3 nitrogen and oxygen atoms in total. The van der Waals surface area contributed by atoms with Gasteiger partial charge in [0.15, 0.2) is 0 Å². The summed E-state index contributed by atoms with van der Waals surface area (Å²) in [5.41, 5.74) is 1.31. The van der Waals surface area contributed by atoms with Crippen molar-refractivity contribution in [3.05, 3.63) is 75.7 Å². The minimum atomic E-state index is -3.71. The Morgan fingerprint density at radius 1 is 0.708 bits per heavy atom. The minimum absolute atomic E-state index is 0.267. The molecule has 0 fully saturated rings. The van der Waals surface area contributed by atoms with Crippen LogP contribution < -0.4 is 0 Å². The molecule has 0 spiro atoms. The molecular formula is C18H11Br2NO2S. The lowest BCUT2D eigenvalue weighted by atomic mass is 10.2. The van der Waals surface area contributed by atoms with E-state index in [9.17, 15) is 8.42 Å². The average molecular weight is 465 g/mol. The van der Waals surface area contributed by atoms with Crippen molar-refractivity contribution in [3.63, 3.8) is 0 Å². The number of rotatable bonds is 2. The first-order chi connectivity index (χ1) is 11.5. The third-order valence-corrected chi connectivity index (χ3v) is 6.66. The van der Waals surface area contributed by atoms with Gasteiger partial charge in [-0.2, -0.15) is 0 Å². The van der Waals surface area contributed by atoms with Crippen LogP contribution in [0.15, 0.2) is 80.6 Å². The molecular weight excluding hydrogens is 454 g/mol. The standard InChI is InChI=1S/C18H11Br2NO2S/c19-12-6-8-15-16-9-7-13(20)11-18(16)21(17(15)10-12)24(22,23)14-4-2-1-3-5-14/h1-11H. The number of nitrogens with zero attached hydrogens (tertiary/aromatic N) is 1. The predicted molar refractivity (Wildman–Crippen MR) is 104 cm³/mol. The lowest BCUT2D eigenvalue weighted by Gasteiger charge is -2.09. The van der Waals surface area contributed by atoms with E-state index in [-0.39, 0.29) is 4.90 Å². The lowest BCUT2D eigenvalue weighted by molar-refractivity contribution is 0.590. The van der Waals surface area contributed by atoms with Gasteiger partial charge in [-0.3, -0.25) is 0 Å². The Kier molecular flexibility index (Phi) is 3.78. The van der Waals surface area contributed by atoms with Gasteiger partial charge in [-0.05, 0) is 36.4 Å². The van der Waals surface area contributed by atoms with Crippen molar-refractivity contribution >= 4 is 63.7 Å². The van der Waals surface area contributed by atoms with E-state index in [0.717, 1.165) is 19.7 Å². The molecule has 0 aliphatic rings. The molecule has 6 heteroatoms. The van der Waals surface area contributed by atoms with Gasteiger partial charge >= 0.3 is 0 Å². The van der Waals surface area contributed by atoms with Crippen molar-refractivity contribution in [1.82, 2.24) is 3.97 Å². The molecule has 24 heavy (non-hydrogen) atoms. The fourth-order valence-corrected chi connectivity index (χ4v) is 5.12. The Balaban J connectivity index is 2.21. The van der Waals surface area contributed by atoms with E-state index in [1.807, 2.05) is 36.4 Å². The smallest absolute Gasteiger partial charge is 0.233 e. The van der Waals surface area contributed by atoms with Crippen LogP contribution in [0.3, 0.4) is 0 Å². The van der Waals surface area contributed by atoms with Gasteiger partial charge in [0, 0.05) is 19.7 Å². The van der Waals surface area contributed by atoms with Gasteiger partial charge < -0.3 is 0 Å². The van der Waals surface area contributed by atoms with Gasteiger partial charge in [-0.25, -0.2) is 12.4 Å². The molecule has 1 aromatic heterocycles. The average Bonchev–Trinajstić information content (AvgIpc) is 2.88. The van der Waals surface area contributed by atoms with Crippen LogP contribution in [0.2, 0.25) is 0 Å². The first-order valence-corrected chi connectivity index (χ1v) is 10.2. The van der Waals surface area contributed by atoms with E-state index in [0.29, 0.717) is 11.0 Å². The number of hydrogen-bond acceptors (Lipinski definition) is 2. The number of fused-ring (bicyclic) bond motifs is 3. The van der Waals surface area contributed by atoms with E-state index >= 15 is 0 Å². The van der Waals surface area contributed by atoms with Gasteiger partial charge in [0.2, 0.25) is 0 Å². The molecule has 3 aromatic carbocycles. The van der Waals surface area contributed by atoms with Crippen LogP contribution in [0.5, 0.6) is 0 Å². The second kappa shape index (κ2) is 5.72. The van der Waals surface area contributed by atoms with Crippen LogP contribution >= 0.6 is 31.9 Å².